The van der Waals surface area contributed by atoms with Crippen molar-refractivity contribution in [2.24, 2.45) is 5.92 Å². The summed E-state index contributed by atoms with van der Waals surface area (Å²) in [6, 6.07) is 0. The number of hydrogen-bond acceptors (Lipinski definition) is 4. The summed E-state index contributed by atoms with van der Waals surface area (Å²) in [5, 5.41) is 0. The molecule has 2 unspecified atom stereocenters. The molecule has 0 bridgehead atoms. The van der Waals surface area contributed by atoms with E-state index in [1.807, 2.05) is 36.4 Å². The summed E-state index contributed by atoms with van der Waals surface area (Å²) < 4.78 is 9.47. The molecule has 0 radical (unpaired) electrons. The van der Waals surface area contributed by atoms with E-state index in [2.05, 4.69) is 0 Å². The van der Waals surface area contributed by atoms with Crippen LogP contribution in [0.3, 0.4) is 0 Å². The van der Waals surface area contributed by atoms with Crippen molar-refractivity contribution in [1.29, 1.82) is 0 Å². The fourth-order valence-corrected chi connectivity index (χ4v) is 1.41. The largest absolute Gasteiger partial charge is 0.465 e. The normalized spacial score (nSPS) is 14.0. The maximum atomic E-state index is 11.5. The van der Waals surface area contributed by atoms with Crippen LogP contribution in [0.5, 0.6) is 0 Å². The fourth-order valence-electron chi connectivity index (χ4n) is 0.940. The third kappa shape index (κ3) is 5.67. The first-order valence-corrected chi connectivity index (χ1v) is 6.76. The van der Waals surface area contributed by atoms with Gasteiger partial charge in [0.25, 0.3) is 0 Å². The van der Waals surface area contributed by atoms with Gasteiger partial charge in [0.2, 0.25) is 0 Å². The van der Waals surface area contributed by atoms with Crippen molar-refractivity contribution in [3.05, 3.63) is 0 Å². The second-order valence-electron chi connectivity index (χ2n) is 3.53. The highest BCUT2D eigenvalue weighted by Gasteiger charge is 2.29. The Bertz CT molecular complexity index is 206. The van der Waals surface area contributed by atoms with Crippen molar-refractivity contribution in [3.8, 4) is 0 Å². The predicted octanol–water partition coefficient (Wildman–Crippen LogP) is 2.33. The molecule has 0 aromatic rings. The lowest BCUT2D eigenvalue weighted by Crippen LogP contribution is -2.31. The summed E-state index contributed by atoms with van der Waals surface area (Å²) in [4.78, 5) is 23.0. The number of halogens is 1. The lowest BCUT2D eigenvalue weighted by Gasteiger charge is -2.16. The van der Waals surface area contributed by atoms with E-state index in [0.717, 1.165) is 12.8 Å². The Labute approximate surface area is 110 Å². The van der Waals surface area contributed by atoms with Gasteiger partial charge in [0.1, 0.15) is 3.92 Å². The van der Waals surface area contributed by atoms with Gasteiger partial charge in [-0.15, -0.1) is 0 Å². The minimum absolute atomic E-state index is 0.338. The zero-order chi connectivity index (χ0) is 12.6. The Balaban J connectivity index is 4.09. The summed E-state index contributed by atoms with van der Waals surface area (Å²) in [6.07, 6.45) is 1.56. The van der Waals surface area contributed by atoms with E-state index in [-0.39, 0.29) is 11.9 Å². The van der Waals surface area contributed by atoms with Crippen molar-refractivity contribution in [2.75, 3.05) is 13.2 Å². The summed E-state index contributed by atoms with van der Waals surface area (Å²) in [5.74, 6) is -1.14. The molecule has 0 spiro atoms. The highest BCUT2D eigenvalue weighted by Crippen LogP contribution is 2.17. The molecule has 94 valence electrons. The molecular formula is C11H19IO4. The quantitative estimate of drug-likeness (QED) is 0.405. The molecule has 0 aliphatic heterocycles. The Morgan fingerprint density at radius 3 is 1.94 bits per heavy atom. The first kappa shape index (κ1) is 15.7. The van der Waals surface area contributed by atoms with Crippen LogP contribution in [0.25, 0.3) is 0 Å². The van der Waals surface area contributed by atoms with Gasteiger partial charge in [-0.3, -0.25) is 9.59 Å². The van der Waals surface area contributed by atoms with Crippen molar-refractivity contribution in [1.82, 2.24) is 0 Å². The van der Waals surface area contributed by atoms with Crippen molar-refractivity contribution < 1.29 is 19.1 Å². The highest BCUT2D eigenvalue weighted by atomic mass is 127. The van der Waals surface area contributed by atoms with E-state index in [9.17, 15) is 9.59 Å². The van der Waals surface area contributed by atoms with E-state index >= 15 is 0 Å². The van der Waals surface area contributed by atoms with E-state index < -0.39 is 9.84 Å². The van der Waals surface area contributed by atoms with Crippen molar-refractivity contribution in [3.63, 3.8) is 0 Å². The monoisotopic (exact) mass is 342 g/mol. The molecule has 0 saturated carbocycles. The number of carbonyl (C=O) groups is 2. The second-order valence-corrected chi connectivity index (χ2v) is 4.87. The summed E-state index contributed by atoms with van der Waals surface area (Å²) in [7, 11) is 0. The molecule has 0 aromatic carbocycles. The second kappa shape index (κ2) is 8.78. The van der Waals surface area contributed by atoms with E-state index in [0.29, 0.717) is 13.2 Å². The molecule has 16 heavy (non-hydrogen) atoms. The molecule has 0 rings (SSSR count). The van der Waals surface area contributed by atoms with Gasteiger partial charge in [0.05, 0.1) is 19.1 Å². The smallest absolute Gasteiger partial charge is 0.319 e. The van der Waals surface area contributed by atoms with E-state index in [1.165, 1.54) is 0 Å². The zero-order valence-corrected chi connectivity index (χ0v) is 12.2. The minimum atomic E-state index is -0.478. The summed E-state index contributed by atoms with van der Waals surface area (Å²) in [6.45, 7) is 6.33. The first-order valence-electron chi connectivity index (χ1n) is 5.51. The Morgan fingerprint density at radius 2 is 1.50 bits per heavy atom. The number of alkyl halides is 1. The lowest BCUT2D eigenvalue weighted by atomic mass is 10.1. The van der Waals surface area contributed by atoms with Crippen LogP contribution in [-0.2, 0) is 19.1 Å². The van der Waals surface area contributed by atoms with Crippen molar-refractivity contribution >= 4 is 34.5 Å². The van der Waals surface area contributed by atoms with Crippen LogP contribution in [-0.4, -0.2) is 29.1 Å². The molecule has 0 aromatic heterocycles. The molecule has 2 atom stereocenters. The number of carbonyl (C=O) groups excluding carboxylic acids is 2. The average Bonchev–Trinajstić information content (AvgIpc) is 2.30. The minimum Gasteiger partial charge on any atom is -0.465 e. The molecule has 0 aliphatic carbocycles. The molecule has 0 N–H and O–H groups in total. The van der Waals surface area contributed by atoms with E-state index in [1.54, 1.807) is 6.92 Å². The predicted molar refractivity (Wildman–Crippen MR) is 69.5 cm³/mol. The maximum Gasteiger partial charge on any atom is 0.319 e. The molecule has 4 nitrogen and oxygen atoms in total. The highest BCUT2D eigenvalue weighted by molar-refractivity contribution is 14.1. The van der Waals surface area contributed by atoms with Gasteiger partial charge in [-0.05, 0) is 12.8 Å². The summed E-state index contributed by atoms with van der Waals surface area (Å²) in [5.41, 5.74) is 0. The van der Waals surface area contributed by atoms with Crippen LogP contribution in [0.15, 0.2) is 0 Å². The molecule has 0 saturated heterocycles. The van der Waals surface area contributed by atoms with Crippen LogP contribution in [0.2, 0.25) is 0 Å². The third-order valence-electron chi connectivity index (χ3n) is 1.93. The van der Waals surface area contributed by atoms with Crippen LogP contribution in [0.4, 0.5) is 0 Å². The van der Waals surface area contributed by atoms with Crippen LogP contribution < -0.4 is 0 Å². The third-order valence-corrected chi connectivity index (χ3v) is 3.52. The molecule has 0 amide bonds. The molecular weight excluding hydrogens is 323 g/mol. The molecule has 0 heterocycles. The van der Waals surface area contributed by atoms with Gasteiger partial charge in [-0.25, -0.2) is 0 Å². The average molecular weight is 342 g/mol. The van der Waals surface area contributed by atoms with Gasteiger partial charge >= 0.3 is 11.9 Å². The molecule has 5 heteroatoms. The number of ether oxygens (including phenoxy) is 2. The fraction of sp³-hybridized carbons (Fsp3) is 0.818. The standard InChI is InChI=1S/C11H19IO4/c1-4-6-15-10(13)8(3)9(12)11(14)16-7-5-2/h8-9H,4-7H2,1-3H3. The van der Waals surface area contributed by atoms with Crippen LogP contribution >= 0.6 is 22.6 Å². The topological polar surface area (TPSA) is 52.6 Å². The summed E-state index contributed by atoms with van der Waals surface area (Å²) >= 11 is 1.92. The van der Waals surface area contributed by atoms with E-state index in [4.69, 9.17) is 9.47 Å². The van der Waals surface area contributed by atoms with Crippen LogP contribution in [0, 0.1) is 5.92 Å². The van der Waals surface area contributed by atoms with Crippen LogP contribution in [0.1, 0.15) is 33.6 Å². The van der Waals surface area contributed by atoms with Crippen molar-refractivity contribution in [2.45, 2.75) is 37.5 Å². The molecule has 0 fully saturated rings. The number of hydrogen-bond donors (Lipinski definition) is 0. The Kier molecular flexibility index (Phi) is 8.60. The van der Waals surface area contributed by atoms with Gasteiger partial charge in [-0.2, -0.15) is 0 Å². The molecule has 0 aliphatic rings. The number of esters is 2. The van der Waals surface area contributed by atoms with Gasteiger partial charge in [-0.1, -0.05) is 43.4 Å². The Morgan fingerprint density at radius 1 is 1.06 bits per heavy atom. The van der Waals surface area contributed by atoms with Gasteiger partial charge in [0.15, 0.2) is 0 Å². The Hall–Kier alpha value is -0.330. The lowest BCUT2D eigenvalue weighted by molar-refractivity contribution is -0.153. The first-order chi connectivity index (χ1) is 7.54. The maximum absolute atomic E-state index is 11.5. The zero-order valence-electron chi connectivity index (χ0n) is 9.99. The number of rotatable bonds is 7. The SMILES string of the molecule is CCCOC(=O)C(C)C(I)C(=O)OCCC. The van der Waals surface area contributed by atoms with Gasteiger partial charge < -0.3 is 9.47 Å². The van der Waals surface area contributed by atoms with Gasteiger partial charge in [0, 0.05) is 0 Å².